The predicted molar refractivity (Wildman–Crippen MR) is 110 cm³/mol. The molecule has 7 heteroatoms. The number of hydrogen-bond donors (Lipinski definition) is 1. The summed E-state index contributed by atoms with van der Waals surface area (Å²) in [6.45, 7) is 0.934. The van der Waals surface area contributed by atoms with Crippen LogP contribution in [0.4, 0.5) is 10.1 Å². The van der Waals surface area contributed by atoms with E-state index in [4.69, 9.17) is 0 Å². The Kier molecular flexibility index (Phi) is 5.52. The third-order valence-electron chi connectivity index (χ3n) is 4.93. The lowest BCUT2D eigenvalue weighted by atomic mass is 10.1. The summed E-state index contributed by atoms with van der Waals surface area (Å²) in [4.78, 5) is 12.4. The summed E-state index contributed by atoms with van der Waals surface area (Å²) in [6.07, 6.45) is 5.73. The number of amides is 1. The number of aromatic nitrogens is 3. The lowest BCUT2D eigenvalue weighted by Gasteiger charge is -2.13. The first-order chi connectivity index (χ1) is 13.6. The third-order valence-corrected chi connectivity index (χ3v) is 5.62. The van der Waals surface area contributed by atoms with E-state index in [1.807, 2.05) is 24.3 Å². The van der Waals surface area contributed by atoms with E-state index in [-0.39, 0.29) is 11.5 Å². The molecule has 4 rings (SSSR count). The van der Waals surface area contributed by atoms with Crippen LogP contribution >= 0.6 is 15.9 Å². The highest BCUT2D eigenvalue weighted by molar-refractivity contribution is 9.10. The number of carbonyl (C=O) groups excluding carboxylic acids is 1. The maximum absolute atomic E-state index is 13.4. The van der Waals surface area contributed by atoms with Crippen LogP contribution in [0.2, 0.25) is 0 Å². The molecule has 0 saturated heterocycles. The largest absolute Gasteiger partial charge is 0.322 e. The molecule has 0 spiro atoms. The van der Waals surface area contributed by atoms with Gasteiger partial charge in [0.2, 0.25) is 0 Å². The van der Waals surface area contributed by atoms with Crippen molar-refractivity contribution in [3.05, 3.63) is 64.1 Å². The van der Waals surface area contributed by atoms with Gasteiger partial charge < -0.3 is 9.88 Å². The van der Waals surface area contributed by atoms with Gasteiger partial charge in [0.1, 0.15) is 11.6 Å². The standard InChI is InChI=1S/C21H20BrFN4O/c22-18-11-8-15(23)13-17(18)21(28)24-16-9-6-14(7-10-16)20-26-25-19-5-3-1-2-4-12-27(19)20/h6-11,13H,1-5,12H2,(H,24,28). The second kappa shape index (κ2) is 8.22. The molecule has 0 bridgehead atoms. The van der Waals surface area contributed by atoms with Crippen molar-refractivity contribution in [1.29, 1.82) is 0 Å². The molecule has 0 unspecified atom stereocenters. The SMILES string of the molecule is O=C(Nc1ccc(-c2nnc3n2CCCCCC3)cc1)c1cc(F)ccc1Br. The number of carbonyl (C=O) groups is 1. The molecule has 3 aromatic rings. The Morgan fingerprint density at radius 2 is 1.82 bits per heavy atom. The quantitative estimate of drug-likeness (QED) is 0.604. The fraction of sp³-hybridized carbons (Fsp3) is 0.286. The number of hydrogen-bond acceptors (Lipinski definition) is 3. The van der Waals surface area contributed by atoms with Crippen molar-refractivity contribution in [3.63, 3.8) is 0 Å². The van der Waals surface area contributed by atoms with Crippen LogP contribution < -0.4 is 5.32 Å². The van der Waals surface area contributed by atoms with E-state index in [1.54, 1.807) is 0 Å². The van der Waals surface area contributed by atoms with Crippen molar-refractivity contribution in [2.75, 3.05) is 5.32 Å². The smallest absolute Gasteiger partial charge is 0.256 e. The Bertz CT molecular complexity index is 1000. The molecular formula is C21H20BrFN4O. The molecule has 2 aromatic carbocycles. The average Bonchev–Trinajstić information content (AvgIpc) is 3.05. The molecule has 0 fully saturated rings. The van der Waals surface area contributed by atoms with Crippen LogP contribution in [0.1, 0.15) is 41.9 Å². The average molecular weight is 443 g/mol. The van der Waals surface area contributed by atoms with Gasteiger partial charge in [-0.3, -0.25) is 4.79 Å². The Morgan fingerprint density at radius 3 is 2.64 bits per heavy atom. The van der Waals surface area contributed by atoms with E-state index in [1.165, 1.54) is 31.0 Å². The van der Waals surface area contributed by atoms with Crippen molar-refractivity contribution in [2.45, 2.75) is 38.6 Å². The van der Waals surface area contributed by atoms with Crippen LogP contribution in [-0.2, 0) is 13.0 Å². The van der Waals surface area contributed by atoms with Gasteiger partial charge >= 0.3 is 0 Å². The van der Waals surface area contributed by atoms with E-state index in [2.05, 4.69) is 36.0 Å². The molecule has 0 aliphatic carbocycles. The topological polar surface area (TPSA) is 59.8 Å². The molecular weight excluding hydrogens is 423 g/mol. The first-order valence-electron chi connectivity index (χ1n) is 9.41. The van der Waals surface area contributed by atoms with Gasteiger partial charge in [0, 0.05) is 28.7 Å². The zero-order valence-corrected chi connectivity index (χ0v) is 16.9. The van der Waals surface area contributed by atoms with Gasteiger partial charge in [-0.1, -0.05) is 12.8 Å². The lowest BCUT2D eigenvalue weighted by molar-refractivity contribution is 0.102. The van der Waals surface area contributed by atoms with Crippen LogP contribution in [0.25, 0.3) is 11.4 Å². The summed E-state index contributed by atoms with van der Waals surface area (Å²) >= 11 is 3.28. The summed E-state index contributed by atoms with van der Waals surface area (Å²) in [5, 5.41) is 11.6. The predicted octanol–water partition coefficient (Wildman–Crippen LogP) is 5.22. The summed E-state index contributed by atoms with van der Waals surface area (Å²) in [7, 11) is 0. The number of halogens is 2. The molecule has 0 saturated carbocycles. The number of nitrogens with zero attached hydrogens (tertiary/aromatic N) is 3. The zero-order valence-electron chi connectivity index (χ0n) is 15.3. The molecule has 0 radical (unpaired) electrons. The number of aryl methyl sites for hydroxylation is 1. The van der Waals surface area contributed by atoms with Crippen molar-refractivity contribution in [2.24, 2.45) is 0 Å². The van der Waals surface area contributed by atoms with Crippen molar-refractivity contribution < 1.29 is 9.18 Å². The second-order valence-electron chi connectivity index (χ2n) is 6.91. The number of benzene rings is 2. The van der Waals surface area contributed by atoms with E-state index >= 15 is 0 Å². The first kappa shape index (κ1) is 18.8. The van der Waals surface area contributed by atoms with Crippen LogP contribution in [0.15, 0.2) is 46.9 Å². The van der Waals surface area contributed by atoms with Gasteiger partial charge in [0.25, 0.3) is 5.91 Å². The Balaban J connectivity index is 1.53. The molecule has 1 aromatic heterocycles. The van der Waals surface area contributed by atoms with Crippen LogP contribution in [0.3, 0.4) is 0 Å². The Labute approximate surface area is 171 Å². The summed E-state index contributed by atoms with van der Waals surface area (Å²) < 4.78 is 16.2. The monoisotopic (exact) mass is 442 g/mol. The number of fused-ring (bicyclic) bond motifs is 1. The van der Waals surface area contributed by atoms with Gasteiger partial charge in [-0.25, -0.2) is 4.39 Å². The van der Waals surface area contributed by atoms with Crippen LogP contribution in [0.5, 0.6) is 0 Å². The van der Waals surface area contributed by atoms with Gasteiger partial charge in [-0.2, -0.15) is 0 Å². The fourth-order valence-electron chi connectivity index (χ4n) is 3.45. The van der Waals surface area contributed by atoms with Crippen molar-refractivity contribution >= 4 is 27.5 Å². The van der Waals surface area contributed by atoms with Gasteiger partial charge in [-0.15, -0.1) is 10.2 Å². The highest BCUT2D eigenvalue weighted by Crippen LogP contribution is 2.25. The molecule has 1 aliphatic heterocycles. The van der Waals surface area contributed by atoms with E-state index in [0.717, 1.165) is 43.0 Å². The van der Waals surface area contributed by atoms with E-state index in [9.17, 15) is 9.18 Å². The minimum atomic E-state index is -0.452. The van der Waals surface area contributed by atoms with Crippen LogP contribution in [-0.4, -0.2) is 20.7 Å². The minimum absolute atomic E-state index is 0.253. The summed E-state index contributed by atoms with van der Waals surface area (Å²) in [6, 6.07) is 11.5. The van der Waals surface area contributed by atoms with Crippen LogP contribution in [0, 0.1) is 5.82 Å². The van der Waals surface area contributed by atoms with Crippen molar-refractivity contribution in [1.82, 2.24) is 14.8 Å². The summed E-state index contributed by atoms with van der Waals surface area (Å²) in [5.41, 5.74) is 1.85. The molecule has 1 amide bonds. The maximum atomic E-state index is 13.4. The second-order valence-corrected chi connectivity index (χ2v) is 7.77. The van der Waals surface area contributed by atoms with Gasteiger partial charge in [0.15, 0.2) is 5.82 Å². The molecule has 28 heavy (non-hydrogen) atoms. The van der Waals surface area contributed by atoms with Gasteiger partial charge in [-0.05, 0) is 71.2 Å². The zero-order chi connectivity index (χ0) is 19.5. The molecule has 1 N–H and O–H groups in total. The Morgan fingerprint density at radius 1 is 1.04 bits per heavy atom. The van der Waals surface area contributed by atoms with Crippen molar-refractivity contribution in [3.8, 4) is 11.4 Å². The first-order valence-corrected chi connectivity index (χ1v) is 10.2. The summed E-state index contributed by atoms with van der Waals surface area (Å²) in [5.74, 6) is 1.09. The molecule has 1 aliphatic rings. The molecule has 5 nitrogen and oxygen atoms in total. The highest BCUT2D eigenvalue weighted by Gasteiger charge is 2.16. The number of rotatable bonds is 3. The normalized spacial score (nSPS) is 14.1. The lowest BCUT2D eigenvalue weighted by Crippen LogP contribution is -2.13. The van der Waals surface area contributed by atoms with E-state index in [0.29, 0.717) is 10.2 Å². The molecule has 2 heterocycles. The minimum Gasteiger partial charge on any atom is -0.322 e. The number of anilines is 1. The number of nitrogens with one attached hydrogen (secondary N) is 1. The molecule has 144 valence electrons. The highest BCUT2D eigenvalue weighted by atomic mass is 79.9. The molecule has 0 atom stereocenters. The maximum Gasteiger partial charge on any atom is 0.256 e. The van der Waals surface area contributed by atoms with E-state index < -0.39 is 5.82 Å². The van der Waals surface area contributed by atoms with Gasteiger partial charge in [0.05, 0.1) is 5.56 Å². The third kappa shape index (κ3) is 3.99. The Hall–Kier alpha value is -2.54. The fourth-order valence-corrected chi connectivity index (χ4v) is 3.87.